The first kappa shape index (κ1) is 26.2. The molecule has 0 bridgehead atoms. The Labute approximate surface area is 216 Å². The normalized spacial score (nSPS) is 11.6. The van der Waals surface area contributed by atoms with Gasteiger partial charge >= 0.3 is 11.9 Å². The largest absolute Gasteiger partial charge is 0.504 e. The van der Waals surface area contributed by atoms with Gasteiger partial charge in [0.2, 0.25) is 0 Å². The van der Waals surface area contributed by atoms with E-state index in [9.17, 15) is 32.7 Å². The predicted molar refractivity (Wildman–Crippen MR) is 133 cm³/mol. The zero-order valence-electron chi connectivity index (χ0n) is 18.9. The van der Waals surface area contributed by atoms with Crippen molar-refractivity contribution in [1.29, 1.82) is 0 Å². The van der Waals surface area contributed by atoms with Crippen LogP contribution in [0.2, 0.25) is 10.2 Å². The highest BCUT2D eigenvalue weighted by Crippen LogP contribution is 2.32. The van der Waals surface area contributed by atoms with Gasteiger partial charge in [0, 0.05) is 6.54 Å². The van der Waals surface area contributed by atoms with Crippen LogP contribution < -0.4 is 16.6 Å². The van der Waals surface area contributed by atoms with E-state index in [0.29, 0.717) is 4.57 Å². The maximum absolute atomic E-state index is 13.5. The third kappa shape index (κ3) is 4.92. The number of nitrogens with zero attached hydrogens (tertiary/aromatic N) is 3. The van der Waals surface area contributed by atoms with Crippen molar-refractivity contribution >= 4 is 45.7 Å². The number of aryl methyl sites for hydroxylation is 1. The van der Waals surface area contributed by atoms with E-state index in [1.54, 1.807) is 6.92 Å². The fourth-order valence-electron chi connectivity index (χ4n) is 3.90. The second-order valence-electron chi connectivity index (χ2n) is 7.86. The van der Waals surface area contributed by atoms with Gasteiger partial charge in [-0.05, 0) is 36.8 Å². The smallest absolute Gasteiger partial charge is 0.416 e. The Morgan fingerprint density at radius 3 is 2.43 bits per heavy atom. The molecule has 192 valence electrons. The van der Waals surface area contributed by atoms with Crippen LogP contribution in [0.3, 0.4) is 0 Å². The van der Waals surface area contributed by atoms with E-state index in [-0.39, 0.29) is 39.4 Å². The zero-order chi connectivity index (χ0) is 27.1. The van der Waals surface area contributed by atoms with Crippen LogP contribution >= 0.6 is 23.2 Å². The van der Waals surface area contributed by atoms with Crippen LogP contribution in [0.15, 0.2) is 58.1 Å². The molecule has 2 heterocycles. The van der Waals surface area contributed by atoms with Crippen LogP contribution in [0.4, 0.5) is 18.9 Å². The van der Waals surface area contributed by atoms with E-state index in [1.807, 2.05) is 0 Å². The SMILES string of the molecule is CCn1c(=O)n(Cc2ccccc2C(F)(F)F)c(=O)c2c(NC(=O)c3cc(Cl)c(O)c(Cl)n3)cccc21. The molecule has 0 saturated carbocycles. The number of nitrogens with one attached hydrogen (secondary N) is 1. The summed E-state index contributed by atoms with van der Waals surface area (Å²) in [6, 6.07) is 10.1. The fourth-order valence-corrected chi connectivity index (χ4v) is 4.33. The summed E-state index contributed by atoms with van der Waals surface area (Å²) in [5.41, 5.74) is -3.06. The lowest BCUT2D eigenvalue weighted by Crippen LogP contribution is -2.40. The van der Waals surface area contributed by atoms with Crippen LogP contribution in [-0.4, -0.2) is 25.1 Å². The third-order valence-corrected chi connectivity index (χ3v) is 6.16. The highest BCUT2D eigenvalue weighted by Gasteiger charge is 2.33. The summed E-state index contributed by atoms with van der Waals surface area (Å²) in [7, 11) is 0. The second-order valence-corrected chi connectivity index (χ2v) is 8.62. The highest BCUT2D eigenvalue weighted by atomic mass is 35.5. The predicted octanol–water partition coefficient (Wildman–Crippen LogP) is 4.91. The Morgan fingerprint density at radius 1 is 1.08 bits per heavy atom. The van der Waals surface area contributed by atoms with E-state index >= 15 is 0 Å². The molecule has 0 saturated heterocycles. The minimum Gasteiger partial charge on any atom is -0.504 e. The summed E-state index contributed by atoms with van der Waals surface area (Å²) in [6.45, 7) is 1.09. The molecule has 13 heteroatoms. The van der Waals surface area contributed by atoms with E-state index < -0.39 is 46.3 Å². The Kier molecular flexibility index (Phi) is 7.03. The number of hydrogen-bond acceptors (Lipinski definition) is 5. The van der Waals surface area contributed by atoms with Gasteiger partial charge in [0.05, 0.1) is 33.7 Å². The molecule has 0 spiro atoms. The first-order chi connectivity index (χ1) is 17.4. The molecule has 0 atom stereocenters. The number of alkyl halides is 3. The van der Waals surface area contributed by atoms with E-state index in [4.69, 9.17) is 23.2 Å². The summed E-state index contributed by atoms with van der Waals surface area (Å²) in [4.78, 5) is 43.3. The van der Waals surface area contributed by atoms with E-state index in [2.05, 4.69) is 10.3 Å². The molecule has 2 aromatic carbocycles. The van der Waals surface area contributed by atoms with Gasteiger partial charge in [0.15, 0.2) is 10.9 Å². The van der Waals surface area contributed by atoms with Gasteiger partial charge in [-0.1, -0.05) is 47.5 Å². The lowest BCUT2D eigenvalue weighted by atomic mass is 10.1. The maximum Gasteiger partial charge on any atom is 0.416 e. The number of carbonyl (C=O) groups excluding carboxylic acids is 1. The summed E-state index contributed by atoms with van der Waals surface area (Å²) < 4.78 is 42.5. The molecule has 0 fully saturated rings. The van der Waals surface area contributed by atoms with Gasteiger partial charge < -0.3 is 10.4 Å². The number of aromatic nitrogens is 3. The average molecular weight is 553 g/mol. The van der Waals surface area contributed by atoms with Crippen molar-refractivity contribution in [3.8, 4) is 5.75 Å². The maximum atomic E-state index is 13.5. The summed E-state index contributed by atoms with van der Waals surface area (Å²) in [5.74, 6) is -1.35. The van der Waals surface area contributed by atoms with Crippen molar-refractivity contribution in [2.45, 2.75) is 26.2 Å². The molecule has 2 aromatic heterocycles. The second kappa shape index (κ2) is 9.91. The molecular weight excluding hydrogens is 536 g/mol. The van der Waals surface area contributed by atoms with Crippen LogP contribution in [0.5, 0.6) is 5.75 Å². The molecule has 4 rings (SSSR count). The highest BCUT2D eigenvalue weighted by molar-refractivity contribution is 6.36. The van der Waals surface area contributed by atoms with Crippen LogP contribution in [0.25, 0.3) is 10.9 Å². The molecule has 4 aromatic rings. The average Bonchev–Trinajstić information content (AvgIpc) is 2.84. The number of pyridine rings is 1. The molecular formula is C24H17Cl2F3N4O4. The topological polar surface area (TPSA) is 106 Å². The van der Waals surface area contributed by atoms with Gasteiger partial charge in [0.25, 0.3) is 11.5 Å². The molecule has 2 N–H and O–H groups in total. The van der Waals surface area contributed by atoms with Gasteiger partial charge in [-0.3, -0.25) is 18.7 Å². The molecule has 1 amide bonds. The number of fused-ring (bicyclic) bond motifs is 1. The van der Waals surface area contributed by atoms with Crippen molar-refractivity contribution in [2.75, 3.05) is 5.32 Å². The monoisotopic (exact) mass is 552 g/mol. The Bertz CT molecular complexity index is 1640. The van der Waals surface area contributed by atoms with Crippen molar-refractivity contribution in [1.82, 2.24) is 14.1 Å². The van der Waals surface area contributed by atoms with Gasteiger partial charge in [0.1, 0.15) is 5.69 Å². The number of rotatable bonds is 5. The third-order valence-electron chi connectivity index (χ3n) is 5.61. The summed E-state index contributed by atoms with van der Waals surface area (Å²) >= 11 is 11.6. The van der Waals surface area contributed by atoms with Crippen molar-refractivity contribution in [2.24, 2.45) is 0 Å². The van der Waals surface area contributed by atoms with Gasteiger partial charge in [-0.15, -0.1) is 0 Å². The Hall–Kier alpha value is -3.83. The number of amides is 1. The van der Waals surface area contributed by atoms with Crippen molar-refractivity contribution in [3.63, 3.8) is 0 Å². The zero-order valence-corrected chi connectivity index (χ0v) is 20.4. The first-order valence-electron chi connectivity index (χ1n) is 10.7. The molecule has 0 radical (unpaired) electrons. The number of benzene rings is 2. The van der Waals surface area contributed by atoms with Crippen molar-refractivity contribution in [3.05, 3.63) is 96.4 Å². The van der Waals surface area contributed by atoms with E-state index in [0.717, 1.165) is 12.1 Å². The molecule has 0 unspecified atom stereocenters. The number of hydrogen-bond donors (Lipinski definition) is 2. The van der Waals surface area contributed by atoms with Crippen LogP contribution in [0.1, 0.15) is 28.5 Å². The first-order valence-corrected chi connectivity index (χ1v) is 11.5. The summed E-state index contributed by atoms with van der Waals surface area (Å²) in [5, 5.41) is 11.4. The Morgan fingerprint density at radius 2 is 1.78 bits per heavy atom. The lowest BCUT2D eigenvalue weighted by Gasteiger charge is -2.17. The molecule has 0 aliphatic rings. The number of halogens is 5. The number of aromatic hydroxyl groups is 1. The number of carbonyl (C=O) groups is 1. The van der Waals surface area contributed by atoms with Crippen LogP contribution in [0, 0.1) is 0 Å². The Balaban J connectivity index is 1.88. The number of anilines is 1. The quantitative estimate of drug-likeness (QED) is 0.342. The standard InChI is InChI=1S/C24H17Cl2F3N4O4/c1-2-32-17-9-5-8-15(31-21(35)16-10-14(25)19(34)20(26)30-16)18(17)22(36)33(23(32)37)11-12-6-3-4-7-13(12)24(27,28)29/h3-10,34H,2,11H2,1H3,(H,31,35). The summed E-state index contributed by atoms with van der Waals surface area (Å²) in [6.07, 6.45) is -4.69. The minimum absolute atomic E-state index is 0.0188. The molecule has 8 nitrogen and oxygen atoms in total. The van der Waals surface area contributed by atoms with Gasteiger partial charge in [-0.2, -0.15) is 13.2 Å². The van der Waals surface area contributed by atoms with E-state index in [1.165, 1.54) is 41.0 Å². The fraction of sp³-hybridized carbons (Fsp3) is 0.167. The minimum atomic E-state index is -4.69. The lowest BCUT2D eigenvalue weighted by molar-refractivity contribution is -0.138. The molecule has 37 heavy (non-hydrogen) atoms. The molecule has 0 aliphatic carbocycles. The van der Waals surface area contributed by atoms with Crippen molar-refractivity contribution < 1.29 is 23.1 Å². The molecule has 0 aliphatic heterocycles. The van der Waals surface area contributed by atoms with Crippen LogP contribution in [-0.2, 0) is 19.3 Å². The van der Waals surface area contributed by atoms with Gasteiger partial charge in [-0.25, -0.2) is 9.78 Å².